The minimum Gasteiger partial charge on any atom is -0.249 e. The normalized spacial score (nSPS) is 12.5. The Labute approximate surface area is 89.4 Å². The molecule has 3 heteroatoms. The van der Waals surface area contributed by atoms with E-state index in [1.807, 2.05) is 6.07 Å². The molecule has 0 amide bonds. The van der Waals surface area contributed by atoms with Gasteiger partial charge < -0.3 is 0 Å². The third kappa shape index (κ3) is 2.74. The molecule has 0 saturated heterocycles. The Balaban J connectivity index is 2.82. The van der Waals surface area contributed by atoms with E-state index in [0.29, 0.717) is 16.7 Å². The van der Waals surface area contributed by atoms with E-state index in [2.05, 4.69) is 31.8 Å². The van der Waals surface area contributed by atoms with Crippen molar-refractivity contribution in [1.29, 1.82) is 5.26 Å². The van der Waals surface area contributed by atoms with E-state index < -0.39 is 0 Å². The molecule has 1 aromatic heterocycles. The molecular weight excluding hydrogens is 192 g/mol. The van der Waals surface area contributed by atoms with Gasteiger partial charge in [0.2, 0.25) is 0 Å². The summed E-state index contributed by atoms with van der Waals surface area (Å²) in [6.45, 7) is 6.50. The van der Waals surface area contributed by atoms with Crippen LogP contribution in [0.25, 0.3) is 0 Å². The summed E-state index contributed by atoms with van der Waals surface area (Å²) in [5, 5.41) is 10.2. The van der Waals surface area contributed by atoms with Crippen molar-refractivity contribution in [3.63, 3.8) is 0 Å². The highest BCUT2D eigenvalue weighted by Crippen LogP contribution is 2.27. The first-order valence-electron chi connectivity index (χ1n) is 4.67. The zero-order valence-corrected chi connectivity index (χ0v) is 9.51. The van der Waals surface area contributed by atoms with E-state index in [9.17, 15) is 0 Å². The van der Waals surface area contributed by atoms with Crippen LogP contribution in [0, 0.1) is 17.2 Å². The number of hydrogen-bond donors (Lipinski definition) is 0. The molecule has 1 rings (SSSR count). The molecule has 0 aliphatic carbocycles. The van der Waals surface area contributed by atoms with E-state index in [4.69, 9.17) is 5.26 Å². The fraction of sp³-hybridized carbons (Fsp3) is 0.455. The zero-order valence-electron chi connectivity index (χ0n) is 8.69. The summed E-state index contributed by atoms with van der Waals surface area (Å²) < 4.78 is 0. The van der Waals surface area contributed by atoms with E-state index in [1.54, 1.807) is 24.0 Å². The predicted octanol–water partition coefficient (Wildman–Crippen LogP) is 3.09. The van der Waals surface area contributed by atoms with E-state index >= 15 is 0 Å². The van der Waals surface area contributed by atoms with Crippen molar-refractivity contribution in [2.45, 2.75) is 31.0 Å². The van der Waals surface area contributed by atoms with Crippen LogP contribution < -0.4 is 0 Å². The fourth-order valence-corrected chi connectivity index (χ4v) is 1.87. The summed E-state index contributed by atoms with van der Waals surface area (Å²) in [6, 6.07) is 5.76. The second-order valence-electron chi connectivity index (χ2n) is 3.53. The molecule has 2 nitrogen and oxygen atoms in total. The number of nitrogens with zero attached hydrogens (tertiary/aromatic N) is 2. The van der Waals surface area contributed by atoms with Crippen LogP contribution >= 0.6 is 11.8 Å². The monoisotopic (exact) mass is 206 g/mol. The van der Waals surface area contributed by atoms with Gasteiger partial charge in [0.15, 0.2) is 0 Å². The summed E-state index contributed by atoms with van der Waals surface area (Å²) in [7, 11) is 0. The van der Waals surface area contributed by atoms with Crippen molar-refractivity contribution in [3.05, 3.63) is 23.9 Å². The summed E-state index contributed by atoms with van der Waals surface area (Å²) in [5.74, 6) is 0.591. The zero-order chi connectivity index (χ0) is 10.6. The lowest BCUT2D eigenvalue weighted by Gasteiger charge is -2.14. The van der Waals surface area contributed by atoms with Crippen molar-refractivity contribution >= 4 is 11.8 Å². The molecule has 0 bridgehead atoms. The third-order valence-electron chi connectivity index (χ3n) is 2.13. The predicted molar refractivity (Wildman–Crippen MR) is 59.1 cm³/mol. The van der Waals surface area contributed by atoms with Crippen LogP contribution in [0.1, 0.15) is 26.3 Å². The first kappa shape index (κ1) is 11.1. The van der Waals surface area contributed by atoms with Gasteiger partial charge in [-0.05, 0) is 18.1 Å². The van der Waals surface area contributed by atoms with Gasteiger partial charge in [0.1, 0.15) is 11.1 Å². The molecule has 1 atom stereocenters. The summed E-state index contributed by atoms with van der Waals surface area (Å²) in [5.41, 5.74) is 0.671. The van der Waals surface area contributed by atoms with Crippen molar-refractivity contribution in [1.82, 2.24) is 4.98 Å². The Morgan fingerprint density at radius 1 is 1.43 bits per heavy atom. The van der Waals surface area contributed by atoms with Crippen molar-refractivity contribution in [2.24, 2.45) is 5.92 Å². The average Bonchev–Trinajstić information content (AvgIpc) is 2.18. The molecule has 1 heterocycles. The molecule has 0 aromatic carbocycles. The lowest BCUT2D eigenvalue weighted by atomic mass is 10.2. The fourth-order valence-electron chi connectivity index (χ4n) is 0.882. The number of aromatic nitrogens is 1. The summed E-state index contributed by atoms with van der Waals surface area (Å²) in [4.78, 5) is 4.21. The quantitative estimate of drug-likeness (QED) is 0.713. The summed E-state index contributed by atoms with van der Waals surface area (Å²) in [6.07, 6.45) is 1.73. The SMILES string of the molecule is CC(C)C(C)Sc1ncccc1C#N. The maximum absolute atomic E-state index is 8.87. The molecule has 74 valence electrons. The lowest BCUT2D eigenvalue weighted by molar-refractivity contribution is 0.641. The molecule has 0 N–H and O–H groups in total. The highest BCUT2D eigenvalue weighted by Gasteiger charge is 2.12. The highest BCUT2D eigenvalue weighted by atomic mass is 32.2. The van der Waals surface area contributed by atoms with E-state index in [1.165, 1.54) is 0 Å². The van der Waals surface area contributed by atoms with Gasteiger partial charge in [0.25, 0.3) is 0 Å². The number of pyridine rings is 1. The van der Waals surface area contributed by atoms with Gasteiger partial charge in [-0.15, -0.1) is 11.8 Å². The standard InChI is InChI=1S/C11H14N2S/c1-8(2)9(3)14-11-10(7-12)5-4-6-13-11/h4-6,8-9H,1-3H3. The molecule has 0 aliphatic rings. The lowest BCUT2D eigenvalue weighted by Crippen LogP contribution is -2.06. The molecule has 0 radical (unpaired) electrons. The minimum atomic E-state index is 0.483. The van der Waals surface area contributed by atoms with Crippen LogP contribution in [-0.2, 0) is 0 Å². The molecule has 1 aromatic rings. The second kappa shape index (κ2) is 5.02. The second-order valence-corrected chi connectivity index (χ2v) is 4.90. The Kier molecular flexibility index (Phi) is 3.97. The highest BCUT2D eigenvalue weighted by molar-refractivity contribution is 7.99. The first-order valence-corrected chi connectivity index (χ1v) is 5.55. The molecular formula is C11H14N2S. The Morgan fingerprint density at radius 2 is 2.14 bits per heavy atom. The van der Waals surface area contributed by atoms with Crippen LogP contribution in [0.2, 0.25) is 0 Å². The van der Waals surface area contributed by atoms with Gasteiger partial charge in [-0.25, -0.2) is 4.98 Å². The molecule has 14 heavy (non-hydrogen) atoms. The molecule has 0 fully saturated rings. The topological polar surface area (TPSA) is 36.7 Å². The van der Waals surface area contributed by atoms with Gasteiger partial charge >= 0.3 is 0 Å². The van der Waals surface area contributed by atoms with Crippen molar-refractivity contribution in [2.75, 3.05) is 0 Å². The van der Waals surface area contributed by atoms with Crippen LogP contribution in [-0.4, -0.2) is 10.2 Å². The summed E-state index contributed by atoms with van der Waals surface area (Å²) >= 11 is 1.67. The van der Waals surface area contributed by atoms with Crippen molar-refractivity contribution in [3.8, 4) is 6.07 Å². The Hall–Kier alpha value is -1.01. The van der Waals surface area contributed by atoms with Crippen LogP contribution in [0.15, 0.2) is 23.4 Å². The Morgan fingerprint density at radius 3 is 2.71 bits per heavy atom. The van der Waals surface area contributed by atoms with Crippen LogP contribution in [0.4, 0.5) is 0 Å². The molecule has 0 saturated carbocycles. The molecule has 1 unspecified atom stereocenters. The first-order chi connectivity index (χ1) is 6.65. The largest absolute Gasteiger partial charge is 0.249 e. The number of rotatable bonds is 3. The van der Waals surface area contributed by atoms with Gasteiger partial charge in [-0.2, -0.15) is 5.26 Å². The van der Waals surface area contributed by atoms with E-state index in [0.717, 1.165) is 5.03 Å². The van der Waals surface area contributed by atoms with Gasteiger partial charge in [-0.3, -0.25) is 0 Å². The third-order valence-corrected chi connectivity index (χ3v) is 3.59. The van der Waals surface area contributed by atoms with E-state index in [-0.39, 0.29) is 0 Å². The average molecular weight is 206 g/mol. The van der Waals surface area contributed by atoms with Crippen molar-refractivity contribution < 1.29 is 0 Å². The minimum absolute atomic E-state index is 0.483. The maximum Gasteiger partial charge on any atom is 0.114 e. The van der Waals surface area contributed by atoms with Crippen LogP contribution in [0.3, 0.4) is 0 Å². The number of hydrogen-bond acceptors (Lipinski definition) is 3. The van der Waals surface area contributed by atoms with Gasteiger partial charge in [0, 0.05) is 11.4 Å². The number of thioether (sulfide) groups is 1. The van der Waals surface area contributed by atoms with Gasteiger partial charge in [-0.1, -0.05) is 20.8 Å². The number of nitriles is 1. The van der Waals surface area contributed by atoms with Crippen LogP contribution in [0.5, 0.6) is 0 Å². The Bertz CT molecular complexity index is 341. The van der Waals surface area contributed by atoms with Gasteiger partial charge in [0.05, 0.1) is 5.56 Å². The smallest absolute Gasteiger partial charge is 0.114 e. The molecule has 0 aliphatic heterocycles. The maximum atomic E-state index is 8.87. The molecule has 0 spiro atoms.